The average Bonchev–Trinajstić information content (AvgIpc) is 3.15. The Labute approximate surface area is 145 Å². The van der Waals surface area contributed by atoms with Crippen LogP contribution in [0.3, 0.4) is 0 Å². The maximum absolute atomic E-state index is 12.9. The van der Waals surface area contributed by atoms with Crippen molar-refractivity contribution in [3.63, 3.8) is 0 Å². The molecule has 2 aromatic rings. The van der Waals surface area contributed by atoms with E-state index in [2.05, 4.69) is 30.9 Å². The van der Waals surface area contributed by atoms with Gasteiger partial charge in [0.25, 0.3) is 5.91 Å². The van der Waals surface area contributed by atoms with E-state index < -0.39 is 5.54 Å². The maximum Gasteiger partial charge on any atom is 0.252 e. The fourth-order valence-corrected chi connectivity index (χ4v) is 3.49. The standard InChI is InChI=1S/C17H22N6O2/c24-15(12-7-10-18-14(11-12)25-13-5-4-6-13)19-17(8-2-1-3-9-17)16-20-22-23-21-16/h7,10-11,13H,1-6,8-9H2,(H,19,24)(H,20,21,22,23). The molecule has 2 saturated carbocycles. The van der Waals surface area contributed by atoms with Crippen molar-refractivity contribution in [2.24, 2.45) is 0 Å². The van der Waals surface area contributed by atoms with Crippen molar-refractivity contribution >= 4 is 5.91 Å². The summed E-state index contributed by atoms with van der Waals surface area (Å²) >= 11 is 0. The Hall–Kier alpha value is -2.51. The molecule has 8 nitrogen and oxygen atoms in total. The van der Waals surface area contributed by atoms with Gasteiger partial charge in [0.2, 0.25) is 5.88 Å². The van der Waals surface area contributed by atoms with Crippen LogP contribution in [0.15, 0.2) is 18.3 Å². The van der Waals surface area contributed by atoms with E-state index in [1.807, 2.05) is 0 Å². The molecule has 0 radical (unpaired) electrons. The molecule has 0 bridgehead atoms. The Morgan fingerprint density at radius 2 is 2.08 bits per heavy atom. The van der Waals surface area contributed by atoms with E-state index in [4.69, 9.17) is 4.74 Å². The Bertz CT molecular complexity index is 722. The van der Waals surface area contributed by atoms with Gasteiger partial charge in [-0.05, 0) is 38.2 Å². The molecule has 25 heavy (non-hydrogen) atoms. The van der Waals surface area contributed by atoms with Crippen LogP contribution in [-0.2, 0) is 5.54 Å². The largest absolute Gasteiger partial charge is 0.474 e. The van der Waals surface area contributed by atoms with Crippen LogP contribution in [0.1, 0.15) is 67.5 Å². The molecule has 2 aliphatic rings. The highest BCUT2D eigenvalue weighted by molar-refractivity contribution is 5.94. The highest BCUT2D eigenvalue weighted by Gasteiger charge is 2.39. The number of H-pyrrole nitrogens is 1. The van der Waals surface area contributed by atoms with Gasteiger partial charge in [-0.2, -0.15) is 5.21 Å². The molecule has 8 heteroatoms. The number of aromatic amines is 1. The van der Waals surface area contributed by atoms with Gasteiger partial charge in [-0.3, -0.25) is 4.79 Å². The monoisotopic (exact) mass is 342 g/mol. The van der Waals surface area contributed by atoms with Gasteiger partial charge in [-0.25, -0.2) is 4.98 Å². The predicted octanol–water partition coefficient (Wildman–Crippen LogP) is 2.12. The number of hydrogen-bond acceptors (Lipinski definition) is 6. The average molecular weight is 342 g/mol. The zero-order chi connectivity index (χ0) is 17.1. The van der Waals surface area contributed by atoms with Crippen molar-refractivity contribution in [1.82, 2.24) is 30.9 Å². The van der Waals surface area contributed by atoms with E-state index in [9.17, 15) is 4.79 Å². The summed E-state index contributed by atoms with van der Waals surface area (Å²) in [5.74, 6) is 0.905. The van der Waals surface area contributed by atoms with Crippen LogP contribution in [0.2, 0.25) is 0 Å². The summed E-state index contributed by atoms with van der Waals surface area (Å²) in [6.07, 6.45) is 9.99. The first-order chi connectivity index (χ1) is 12.3. The van der Waals surface area contributed by atoms with Crippen molar-refractivity contribution in [2.75, 3.05) is 0 Å². The lowest BCUT2D eigenvalue weighted by Crippen LogP contribution is -2.48. The summed E-state index contributed by atoms with van der Waals surface area (Å²) in [5, 5.41) is 17.6. The van der Waals surface area contributed by atoms with Gasteiger partial charge in [-0.1, -0.05) is 24.5 Å². The lowest BCUT2D eigenvalue weighted by atomic mass is 9.81. The minimum atomic E-state index is -0.555. The second-order valence-corrected chi connectivity index (χ2v) is 6.89. The normalized spacial score (nSPS) is 19.8. The zero-order valence-corrected chi connectivity index (χ0v) is 14.1. The lowest BCUT2D eigenvalue weighted by Gasteiger charge is -2.35. The summed E-state index contributed by atoms with van der Waals surface area (Å²) in [4.78, 5) is 17.1. The van der Waals surface area contributed by atoms with E-state index in [1.165, 1.54) is 6.42 Å². The van der Waals surface area contributed by atoms with Gasteiger partial charge in [0.15, 0.2) is 5.82 Å². The molecule has 0 atom stereocenters. The molecule has 132 valence electrons. The van der Waals surface area contributed by atoms with E-state index in [-0.39, 0.29) is 12.0 Å². The molecule has 2 aromatic heterocycles. The molecule has 0 spiro atoms. The van der Waals surface area contributed by atoms with Gasteiger partial charge >= 0.3 is 0 Å². The highest BCUT2D eigenvalue weighted by atomic mass is 16.5. The Morgan fingerprint density at radius 3 is 2.76 bits per heavy atom. The lowest BCUT2D eigenvalue weighted by molar-refractivity contribution is 0.0854. The molecule has 2 aliphatic carbocycles. The molecule has 0 aliphatic heterocycles. The molecular formula is C17H22N6O2. The zero-order valence-electron chi connectivity index (χ0n) is 14.1. The molecule has 0 saturated heterocycles. The van der Waals surface area contributed by atoms with Gasteiger partial charge in [0.1, 0.15) is 11.6 Å². The third-order valence-electron chi connectivity index (χ3n) is 5.17. The number of amides is 1. The minimum Gasteiger partial charge on any atom is -0.474 e. The van der Waals surface area contributed by atoms with Crippen LogP contribution >= 0.6 is 0 Å². The Balaban J connectivity index is 1.52. The third kappa shape index (κ3) is 3.33. The second-order valence-electron chi connectivity index (χ2n) is 6.89. The number of rotatable bonds is 5. The van der Waals surface area contributed by atoms with Crippen molar-refractivity contribution in [3.05, 3.63) is 29.7 Å². The van der Waals surface area contributed by atoms with E-state index in [0.717, 1.165) is 44.9 Å². The number of nitrogens with one attached hydrogen (secondary N) is 2. The fraction of sp³-hybridized carbons (Fsp3) is 0.588. The van der Waals surface area contributed by atoms with Gasteiger partial charge < -0.3 is 10.1 Å². The van der Waals surface area contributed by atoms with Gasteiger partial charge in [0, 0.05) is 17.8 Å². The minimum absolute atomic E-state index is 0.160. The number of nitrogens with zero attached hydrogens (tertiary/aromatic N) is 4. The predicted molar refractivity (Wildman–Crippen MR) is 88.9 cm³/mol. The van der Waals surface area contributed by atoms with Gasteiger partial charge in [0.05, 0.1) is 0 Å². The maximum atomic E-state index is 12.9. The van der Waals surface area contributed by atoms with E-state index >= 15 is 0 Å². The number of ether oxygens (including phenoxy) is 1. The van der Waals surface area contributed by atoms with Gasteiger partial charge in [-0.15, -0.1) is 10.2 Å². The number of aromatic nitrogens is 5. The number of tetrazole rings is 1. The van der Waals surface area contributed by atoms with Crippen LogP contribution in [0.4, 0.5) is 0 Å². The van der Waals surface area contributed by atoms with Crippen LogP contribution in [-0.4, -0.2) is 37.6 Å². The van der Waals surface area contributed by atoms with Crippen molar-refractivity contribution < 1.29 is 9.53 Å². The molecule has 2 N–H and O–H groups in total. The molecule has 0 unspecified atom stereocenters. The Morgan fingerprint density at radius 1 is 1.24 bits per heavy atom. The topological polar surface area (TPSA) is 106 Å². The number of carbonyl (C=O) groups excluding carboxylic acids is 1. The molecule has 4 rings (SSSR count). The van der Waals surface area contributed by atoms with Crippen molar-refractivity contribution in [2.45, 2.75) is 63.0 Å². The molecular weight excluding hydrogens is 320 g/mol. The summed E-state index contributed by atoms with van der Waals surface area (Å²) in [6.45, 7) is 0. The first kappa shape index (κ1) is 16.0. The van der Waals surface area contributed by atoms with Crippen LogP contribution in [0.5, 0.6) is 5.88 Å². The quantitative estimate of drug-likeness (QED) is 0.862. The van der Waals surface area contributed by atoms with Crippen molar-refractivity contribution in [3.8, 4) is 5.88 Å². The van der Waals surface area contributed by atoms with Crippen LogP contribution < -0.4 is 10.1 Å². The summed E-state index contributed by atoms with van der Waals surface area (Å²) in [7, 11) is 0. The third-order valence-corrected chi connectivity index (χ3v) is 5.17. The smallest absolute Gasteiger partial charge is 0.252 e. The van der Waals surface area contributed by atoms with Crippen LogP contribution in [0.25, 0.3) is 0 Å². The number of hydrogen-bond donors (Lipinski definition) is 2. The molecule has 0 aromatic carbocycles. The first-order valence-electron chi connectivity index (χ1n) is 8.94. The summed E-state index contributed by atoms with van der Waals surface area (Å²) in [5.41, 5.74) is -0.0154. The highest BCUT2D eigenvalue weighted by Crippen LogP contribution is 2.35. The first-order valence-corrected chi connectivity index (χ1v) is 8.94. The molecule has 2 heterocycles. The second kappa shape index (κ2) is 6.78. The Kier molecular flexibility index (Phi) is 4.33. The molecule has 1 amide bonds. The summed E-state index contributed by atoms with van der Waals surface area (Å²) < 4.78 is 5.80. The van der Waals surface area contributed by atoms with Crippen molar-refractivity contribution in [1.29, 1.82) is 0 Å². The van der Waals surface area contributed by atoms with E-state index in [0.29, 0.717) is 17.3 Å². The van der Waals surface area contributed by atoms with E-state index in [1.54, 1.807) is 18.3 Å². The number of pyridine rings is 1. The molecule has 2 fully saturated rings. The number of carbonyl (C=O) groups is 1. The summed E-state index contributed by atoms with van der Waals surface area (Å²) in [6, 6.07) is 3.41. The SMILES string of the molecule is O=C(NC1(c2nn[nH]n2)CCCCC1)c1ccnc(OC2CCC2)c1. The fourth-order valence-electron chi connectivity index (χ4n) is 3.49. The van der Waals surface area contributed by atoms with Crippen LogP contribution in [0, 0.1) is 0 Å².